The molecule has 0 spiro atoms. The Hall–Kier alpha value is -3.19. The third kappa shape index (κ3) is 4.39. The van der Waals surface area contributed by atoms with Gasteiger partial charge in [-0.25, -0.2) is 4.68 Å². The predicted octanol–water partition coefficient (Wildman–Crippen LogP) is 4.19. The summed E-state index contributed by atoms with van der Waals surface area (Å²) in [5.41, 5.74) is 0.606. The molecular formula is C24H25ClN4O3. The maximum absolute atomic E-state index is 13.3. The van der Waals surface area contributed by atoms with Crippen LogP contribution in [0.5, 0.6) is 0 Å². The van der Waals surface area contributed by atoms with Gasteiger partial charge in [0.05, 0.1) is 16.6 Å². The molecule has 0 unspecified atom stereocenters. The Kier molecular flexibility index (Phi) is 6.28. The minimum absolute atomic E-state index is 0.135. The van der Waals surface area contributed by atoms with Crippen LogP contribution in [0.15, 0.2) is 47.3 Å². The number of nitrogens with zero attached hydrogens (tertiary/aromatic N) is 3. The quantitative estimate of drug-likeness (QED) is 0.629. The number of aromatic nitrogens is 2. The summed E-state index contributed by atoms with van der Waals surface area (Å²) in [6, 6.07) is 11.7. The van der Waals surface area contributed by atoms with E-state index in [2.05, 4.69) is 10.4 Å². The summed E-state index contributed by atoms with van der Waals surface area (Å²) in [5.74, 6) is -0.474. The Morgan fingerprint density at radius 3 is 2.47 bits per heavy atom. The van der Waals surface area contributed by atoms with Gasteiger partial charge in [-0.05, 0) is 43.0 Å². The number of fused-ring (bicyclic) bond motifs is 1. The number of rotatable bonds is 5. The summed E-state index contributed by atoms with van der Waals surface area (Å²) in [7, 11) is 0. The monoisotopic (exact) mass is 452 g/mol. The van der Waals surface area contributed by atoms with Crippen LogP contribution in [-0.4, -0.2) is 39.6 Å². The second kappa shape index (κ2) is 9.12. The van der Waals surface area contributed by atoms with Crippen LogP contribution in [0.1, 0.15) is 47.5 Å². The second-order valence-corrected chi connectivity index (χ2v) is 8.86. The lowest BCUT2D eigenvalue weighted by Crippen LogP contribution is -2.30. The van der Waals surface area contributed by atoms with Crippen molar-refractivity contribution in [2.45, 2.75) is 33.2 Å². The molecule has 0 radical (unpaired) electrons. The zero-order valence-electron chi connectivity index (χ0n) is 18.1. The first-order chi connectivity index (χ1) is 15.3. The van der Waals surface area contributed by atoms with Gasteiger partial charge in [0.1, 0.15) is 0 Å². The highest BCUT2D eigenvalue weighted by atomic mass is 35.5. The molecule has 166 valence electrons. The van der Waals surface area contributed by atoms with Gasteiger partial charge in [-0.15, -0.1) is 0 Å². The maximum Gasteiger partial charge on any atom is 0.276 e. The van der Waals surface area contributed by atoms with Crippen molar-refractivity contribution in [1.29, 1.82) is 0 Å². The van der Waals surface area contributed by atoms with Crippen molar-refractivity contribution in [1.82, 2.24) is 14.7 Å². The zero-order chi connectivity index (χ0) is 22.8. The van der Waals surface area contributed by atoms with Crippen LogP contribution >= 0.6 is 11.6 Å². The fourth-order valence-electron chi connectivity index (χ4n) is 3.95. The van der Waals surface area contributed by atoms with Crippen LogP contribution in [0.3, 0.4) is 0 Å². The van der Waals surface area contributed by atoms with Gasteiger partial charge in [0, 0.05) is 30.0 Å². The summed E-state index contributed by atoms with van der Waals surface area (Å²) in [6.45, 7) is 5.72. The van der Waals surface area contributed by atoms with Gasteiger partial charge < -0.3 is 10.2 Å². The Labute approximate surface area is 191 Å². The van der Waals surface area contributed by atoms with Crippen LogP contribution in [-0.2, 0) is 6.54 Å². The van der Waals surface area contributed by atoms with Crippen molar-refractivity contribution in [3.05, 3.63) is 69.1 Å². The lowest BCUT2D eigenvalue weighted by molar-refractivity contribution is 0.0794. The van der Waals surface area contributed by atoms with Crippen molar-refractivity contribution >= 4 is 39.9 Å². The number of nitrogens with one attached hydrogen (secondary N) is 1. The molecule has 2 heterocycles. The molecule has 1 aromatic heterocycles. The molecule has 7 nitrogen and oxygen atoms in total. The summed E-state index contributed by atoms with van der Waals surface area (Å²) >= 11 is 6.15. The first-order valence-electron chi connectivity index (χ1n) is 10.7. The number of benzene rings is 2. The first-order valence-corrected chi connectivity index (χ1v) is 11.1. The topological polar surface area (TPSA) is 84.3 Å². The average Bonchev–Trinajstić information content (AvgIpc) is 3.31. The first kappa shape index (κ1) is 22.0. The van der Waals surface area contributed by atoms with Gasteiger partial charge >= 0.3 is 0 Å². The number of amides is 2. The highest BCUT2D eigenvalue weighted by molar-refractivity contribution is 6.31. The number of halogens is 1. The van der Waals surface area contributed by atoms with Gasteiger partial charge in [-0.3, -0.25) is 14.4 Å². The number of likely N-dealkylation sites (tertiary alicyclic amines) is 1. The van der Waals surface area contributed by atoms with E-state index in [1.807, 2.05) is 13.8 Å². The molecular weight excluding hydrogens is 428 g/mol. The lowest BCUT2D eigenvalue weighted by atomic mass is 10.1. The van der Waals surface area contributed by atoms with E-state index in [0.717, 1.165) is 12.8 Å². The molecule has 1 fully saturated rings. The Bertz CT molecular complexity index is 1250. The molecule has 2 aromatic carbocycles. The SMILES string of the molecule is CC(C)Cn1nc(C(=O)Nc2ccc(Cl)cc2C(=O)N2CCCC2)c2ccccc2c1=O. The number of carbonyl (C=O) groups excluding carboxylic acids is 2. The highest BCUT2D eigenvalue weighted by Gasteiger charge is 2.24. The van der Waals surface area contributed by atoms with Crippen molar-refractivity contribution in [3.63, 3.8) is 0 Å². The van der Waals surface area contributed by atoms with Gasteiger partial charge in [0.25, 0.3) is 17.4 Å². The fraction of sp³-hybridized carbons (Fsp3) is 0.333. The molecule has 1 aliphatic heterocycles. The maximum atomic E-state index is 13.3. The predicted molar refractivity (Wildman–Crippen MR) is 125 cm³/mol. The normalized spacial score (nSPS) is 13.7. The molecule has 0 saturated carbocycles. The fourth-order valence-corrected chi connectivity index (χ4v) is 4.12. The van der Waals surface area contributed by atoms with E-state index in [-0.39, 0.29) is 23.1 Å². The third-order valence-corrected chi connectivity index (χ3v) is 5.71. The molecule has 32 heavy (non-hydrogen) atoms. The number of hydrogen-bond acceptors (Lipinski definition) is 4. The van der Waals surface area contributed by atoms with Crippen molar-refractivity contribution in [3.8, 4) is 0 Å². The summed E-state index contributed by atoms with van der Waals surface area (Å²) < 4.78 is 1.33. The van der Waals surface area contributed by atoms with E-state index in [4.69, 9.17) is 11.6 Å². The van der Waals surface area contributed by atoms with Crippen LogP contribution in [0.25, 0.3) is 10.8 Å². The molecule has 3 aromatic rings. The summed E-state index contributed by atoms with van der Waals surface area (Å²) in [6.07, 6.45) is 1.92. The highest BCUT2D eigenvalue weighted by Crippen LogP contribution is 2.25. The minimum Gasteiger partial charge on any atom is -0.339 e. The zero-order valence-corrected chi connectivity index (χ0v) is 18.9. The molecule has 1 N–H and O–H groups in total. The van der Waals surface area contributed by atoms with E-state index in [9.17, 15) is 14.4 Å². The summed E-state index contributed by atoms with van der Waals surface area (Å²) in [4.78, 5) is 40.9. The van der Waals surface area contributed by atoms with Crippen molar-refractivity contribution < 1.29 is 9.59 Å². The Morgan fingerprint density at radius 2 is 1.78 bits per heavy atom. The smallest absolute Gasteiger partial charge is 0.276 e. The molecule has 4 rings (SSSR count). The van der Waals surface area contributed by atoms with Gasteiger partial charge in [0.2, 0.25) is 0 Å². The Balaban J connectivity index is 1.74. The van der Waals surface area contributed by atoms with Crippen molar-refractivity contribution in [2.24, 2.45) is 5.92 Å². The molecule has 1 aliphatic rings. The van der Waals surface area contributed by atoms with E-state index in [1.165, 1.54) is 4.68 Å². The molecule has 0 aliphatic carbocycles. The van der Waals surface area contributed by atoms with Gasteiger partial charge in [0.15, 0.2) is 5.69 Å². The van der Waals surface area contributed by atoms with E-state index in [0.29, 0.717) is 46.7 Å². The van der Waals surface area contributed by atoms with E-state index in [1.54, 1.807) is 47.4 Å². The van der Waals surface area contributed by atoms with Crippen LogP contribution in [0.2, 0.25) is 5.02 Å². The van der Waals surface area contributed by atoms with E-state index >= 15 is 0 Å². The molecule has 2 amide bonds. The van der Waals surface area contributed by atoms with Gasteiger partial charge in [-0.2, -0.15) is 5.10 Å². The molecule has 1 saturated heterocycles. The third-order valence-electron chi connectivity index (χ3n) is 5.47. The number of carbonyl (C=O) groups is 2. The van der Waals surface area contributed by atoms with E-state index < -0.39 is 5.91 Å². The Morgan fingerprint density at radius 1 is 1.09 bits per heavy atom. The minimum atomic E-state index is -0.489. The molecule has 0 bridgehead atoms. The lowest BCUT2D eigenvalue weighted by Gasteiger charge is -2.18. The van der Waals surface area contributed by atoms with Crippen LogP contribution < -0.4 is 10.9 Å². The van der Waals surface area contributed by atoms with Crippen LogP contribution in [0.4, 0.5) is 5.69 Å². The average molecular weight is 453 g/mol. The standard InChI is InChI=1S/C24H25ClN4O3/c1-15(2)14-29-24(32)18-8-4-3-7-17(18)21(27-29)22(30)26-20-10-9-16(25)13-19(20)23(31)28-11-5-6-12-28/h3-4,7-10,13,15H,5-6,11-12,14H2,1-2H3,(H,26,30). The second-order valence-electron chi connectivity index (χ2n) is 8.42. The number of anilines is 1. The molecule has 0 atom stereocenters. The largest absolute Gasteiger partial charge is 0.339 e. The number of hydrogen-bond donors (Lipinski definition) is 1. The van der Waals surface area contributed by atoms with Crippen LogP contribution in [0, 0.1) is 5.92 Å². The van der Waals surface area contributed by atoms with Crippen molar-refractivity contribution in [2.75, 3.05) is 18.4 Å². The summed E-state index contributed by atoms with van der Waals surface area (Å²) in [5, 5.41) is 8.52. The van der Waals surface area contributed by atoms with Gasteiger partial charge in [-0.1, -0.05) is 43.6 Å². The molecule has 8 heteroatoms.